The number of aliphatic carboxylic acids is 1. The van der Waals surface area contributed by atoms with Gasteiger partial charge in [-0.25, -0.2) is 0 Å². The van der Waals surface area contributed by atoms with Gasteiger partial charge in [0.25, 0.3) is 0 Å². The number of thiophene rings is 1. The second kappa shape index (κ2) is 6.68. The van der Waals surface area contributed by atoms with Gasteiger partial charge in [-0.05, 0) is 28.8 Å². The molecule has 2 atom stereocenters. The molecule has 1 fully saturated rings. The number of hydrogen-bond donors (Lipinski definition) is 1. The van der Waals surface area contributed by atoms with Gasteiger partial charge in [0.05, 0.1) is 18.6 Å². The second-order valence-electron chi connectivity index (χ2n) is 5.70. The SMILES string of the molecule is COCCN1C(=O)CCC(C(=O)O)C1c1csc2ccccc12. The van der Waals surface area contributed by atoms with Crippen molar-refractivity contribution in [3.05, 3.63) is 35.2 Å². The Kier molecular flexibility index (Phi) is 4.63. The van der Waals surface area contributed by atoms with Crippen LogP contribution in [0.15, 0.2) is 29.6 Å². The van der Waals surface area contributed by atoms with Crippen LogP contribution in [-0.4, -0.2) is 42.1 Å². The number of rotatable bonds is 5. The van der Waals surface area contributed by atoms with E-state index in [9.17, 15) is 14.7 Å². The number of ether oxygens (including phenoxy) is 1. The third-order valence-corrected chi connectivity index (χ3v) is 5.37. The number of carbonyl (C=O) groups excluding carboxylic acids is 1. The molecule has 122 valence electrons. The first-order valence-electron chi connectivity index (χ1n) is 7.61. The van der Waals surface area contributed by atoms with Crippen LogP contribution in [0.2, 0.25) is 0 Å². The van der Waals surface area contributed by atoms with Crippen LogP contribution >= 0.6 is 11.3 Å². The highest BCUT2D eigenvalue weighted by atomic mass is 32.1. The van der Waals surface area contributed by atoms with Gasteiger partial charge >= 0.3 is 5.97 Å². The summed E-state index contributed by atoms with van der Waals surface area (Å²) in [4.78, 5) is 25.8. The summed E-state index contributed by atoms with van der Waals surface area (Å²) in [6.45, 7) is 0.810. The predicted molar refractivity (Wildman–Crippen MR) is 88.5 cm³/mol. The van der Waals surface area contributed by atoms with Gasteiger partial charge in [-0.3, -0.25) is 9.59 Å². The highest BCUT2D eigenvalue weighted by Crippen LogP contribution is 2.41. The van der Waals surface area contributed by atoms with Gasteiger partial charge < -0.3 is 14.7 Å². The molecule has 1 amide bonds. The van der Waals surface area contributed by atoms with Crippen LogP contribution in [0.3, 0.4) is 0 Å². The predicted octanol–water partition coefficient (Wildman–Crippen LogP) is 2.91. The molecule has 1 aromatic carbocycles. The van der Waals surface area contributed by atoms with Gasteiger partial charge in [0.2, 0.25) is 5.91 Å². The van der Waals surface area contributed by atoms with E-state index in [-0.39, 0.29) is 12.3 Å². The minimum absolute atomic E-state index is 0.000156. The summed E-state index contributed by atoms with van der Waals surface area (Å²) < 4.78 is 6.21. The molecular weight excluding hydrogens is 314 g/mol. The van der Waals surface area contributed by atoms with Crippen LogP contribution < -0.4 is 0 Å². The summed E-state index contributed by atoms with van der Waals surface area (Å²) in [7, 11) is 1.58. The van der Waals surface area contributed by atoms with Gasteiger partial charge in [-0.1, -0.05) is 18.2 Å². The van der Waals surface area contributed by atoms with E-state index in [1.54, 1.807) is 23.3 Å². The molecule has 0 spiro atoms. The molecular formula is C17H19NO4S. The number of likely N-dealkylation sites (tertiary alicyclic amines) is 1. The Labute approximate surface area is 138 Å². The number of amides is 1. The molecule has 1 saturated heterocycles. The Balaban J connectivity index is 2.07. The van der Waals surface area contributed by atoms with Crippen molar-refractivity contribution in [1.29, 1.82) is 0 Å². The monoisotopic (exact) mass is 333 g/mol. The minimum Gasteiger partial charge on any atom is -0.481 e. The van der Waals surface area contributed by atoms with Crippen molar-refractivity contribution in [2.24, 2.45) is 5.92 Å². The van der Waals surface area contributed by atoms with Crippen molar-refractivity contribution in [3.8, 4) is 0 Å². The largest absolute Gasteiger partial charge is 0.481 e. The number of carbonyl (C=O) groups is 2. The second-order valence-corrected chi connectivity index (χ2v) is 6.61. The van der Waals surface area contributed by atoms with E-state index in [0.29, 0.717) is 19.6 Å². The summed E-state index contributed by atoms with van der Waals surface area (Å²) in [5.41, 5.74) is 0.933. The quantitative estimate of drug-likeness (QED) is 0.913. The third kappa shape index (κ3) is 2.96. The molecule has 1 aliphatic rings. The van der Waals surface area contributed by atoms with E-state index >= 15 is 0 Å². The molecule has 2 unspecified atom stereocenters. The molecule has 3 rings (SSSR count). The smallest absolute Gasteiger partial charge is 0.308 e. The number of fused-ring (bicyclic) bond motifs is 1. The number of carboxylic acids is 1. The average molecular weight is 333 g/mol. The summed E-state index contributed by atoms with van der Waals surface area (Å²) in [6, 6.07) is 7.49. The standard InChI is InChI=1S/C17H19NO4S/c1-22-9-8-18-15(19)7-6-12(17(20)21)16(18)13-10-23-14-5-3-2-4-11(13)14/h2-5,10,12,16H,6-9H2,1H3,(H,20,21). The molecule has 0 radical (unpaired) electrons. The molecule has 5 nitrogen and oxygen atoms in total. The fourth-order valence-corrected chi connectivity index (χ4v) is 4.27. The van der Waals surface area contributed by atoms with Crippen LogP contribution in [0.25, 0.3) is 10.1 Å². The maximum Gasteiger partial charge on any atom is 0.308 e. The van der Waals surface area contributed by atoms with E-state index < -0.39 is 17.9 Å². The van der Waals surface area contributed by atoms with Crippen molar-refractivity contribution < 1.29 is 19.4 Å². The molecule has 0 aliphatic carbocycles. The van der Waals surface area contributed by atoms with Crippen LogP contribution in [0, 0.1) is 5.92 Å². The van der Waals surface area contributed by atoms with Crippen molar-refractivity contribution in [2.75, 3.05) is 20.3 Å². The summed E-state index contributed by atoms with van der Waals surface area (Å²) in [5, 5.41) is 12.7. The van der Waals surface area contributed by atoms with Gasteiger partial charge in [0, 0.05) is 24.8 Å². The number of hydrogen-bond acceptors (Lipinski definition) is 4. The number of benzene rings is 1. The zero-order chi connectivity index (χ0) is 16.4. The fourth-order valence-electron chi connectivity index (χ4n) is 3.28. The van der Waals surface area contributed by atoms with Crippen LogP contribution in [-0.2, 0) is 14.3 Å². The Hall–Kier alpha value is -1.92. The van der Waals surface area contributed by atoms with E-state index in [1.807, 2.05) is 29.6 Å². The zero-order valence-corrected chi connectivity index (χ0v) is 13.7. The highest BCUT2D eigenvalue weighted by molar-refractivity contribution is 7.17. The maximum atomic E-state index is 12.4. The summed E-state index contributed by atoms with van der Waals surface area (Å²) >= 11 is 1.59. The van der Waals surface area contributed by atoms with Gasteiger partial charge in [-0.15, -0.1) is 11.3 Å². The lowest BCUT2D eigenvalue weighted by molar-refractivity contribution is -0.152. The normalized spacial score (nSPS) is 21.8. The average Bonchev–Trinajstić information content (AvgIpc) is 2.97. The lowest BCUT2D eigenvalue weighted by atomic mass is 9.84. The molecule has 23 heavy (non-hydrogen) atoms. The topological polar surface area (TPSA) is 66.8 Å². The molecule has 1 aliphatic heterocycles. The van der Waals surface area contributed by atoms with Crippen molar-refractivity contribution >= 4 is 33.3 Å². The maximum absolute atomic E-state index is 12.4. The Bertz CT molecular complexity index is 726. The van der Waals surface area contributed by atoms with E-state index in [1.165, 1.54) is 0 Å². The van der Waals surface area contributed by atoms with E-state index in [0.717, 1.165) is 15.6 Å². The first-order chi connectivity index (χ1) is 11.1. The Morgan fingerprint density at radius 1 is 1.43 bits per heavy atom. The lowest BCUT2D eigenvalue weighted by Crippen LogP contribution is -2.46. The first-order valence-corrected chi connectivity index (χ1v) is 8.48. The molecule has 0 saturated carbocycles. The molecule has 2 heterocycles. The molecule has 1 N–H and O–H groups in total. The zero-order valence-electron chi connectivity index (χ0n) is 12.9. The van der Waals surface area contributed by atoms with Gasteiger partial charge in [-0.2, -0.15) is 0 Å². The lowest BCUT2D eigenvalue weighted by Gasteiger charge is -2.39. The Morgan fingerprint density at radius 3 is 2.96 bits per heavy atom. The molecule has 6 heteroatoms. The van der Waals surface area contributed by atoms with Crippen LogP contribution in [0.1, 0.15) is 24.4 Å². The van der Waals surface area contributed by atoms with Crippen molar-refractivity contribution in [3.63, 3.8) is 0 Å². The van der Waals surface area contributed by atoms with Crippen LogP contribution in [0.4, 0.5) is 0 Å². The minimum atomic E-state index is -0.847. The van der Waals surface area contributed by atoms with Crippen LogP contribution in [0.5, 0.6) is 0 Å². The Morgan fingerprint density at radius 2 is 2.22 bits per heavy atom. The highest BCUT2D eigenvalue weighted by Gasteiger charge is 2.41. The number of nitrogens with zero attached hydrogens (tertiary/aromatic N) is 1. The van der Waals surface area contributed by atoms with E-state index in [4.69, 9.17) is 4.74 Å². The summed E-state index contributed by atoms with van der Waals surface area (Å²) in [6.07, 6.45) is 0.658. The first kappa shape index (κ1) is 16.0. The van der Waals surface area contributed by atoms with Gasteiger partial charge in [0.1, 0.15) is 0 Å². The number of carboxylic acid groups (broad SMARTS) is 1. The van der Waals surface area contributed by atoms with Crippen molar-refractivity contribution in [2.45, 2.75) is 18.9 Å². The number of methoxy groups -OCH3 is 1. The third-order valence-electron chi connectivity index (χ3n) is 4.39. The summed E-state index contributed by atoms with van der Waals surface area (Å²) in [5.74, 6) is -1.43. The van der Waals surface area contributed by atoms with Gasteiger partial charge in [0.15, 0.2) is 0 Å². The molecule has 2 aromatic rings. The fraction of sp³-hybridized carbons (Fsp3) is 0.412. The number of piperidine rings is 1. The van der Waals surface area contributed by atoms with E-state index in [2.05, 4.69) is 0 Å². The molecule has 1 aromatic heterocycles. The molecule has 0 bridgehead atoms. The van der Waals surface area contributed by atoms with Crippen molar-refractivity contribution in [1.82, 2.24) is 4.90 Å².